The summed E-state index contributed by atoms with van der Waals surface area (Å²) in [4.78, 5) is 72.5. The third kappa shape index (κ3) is 7.60. The van der Waals surface area contributed by atoms with Crippen LogP contribution in [-0.2, 0) is 36.7 Å². The lowest BCUT2D eigenvalue weighted by molar-refractivity contribution is -0.185. The molecule has 17 heteroatoms. The number of hydrogen-bond acceptors (Lipinski definition) is 10. The van der Waals surface area contributed by atoms with Crippen LogP contribution in [0.2, 0.25) is 0 Å². The molecule has 1 aromatic heterocycles. The molecule has 3 aliphatic carbocycles. The molecule has 8 rings (SSSR count). The maximum Gasteiger partial charge on any atom is 0.482 e. The Hall–Kier alpha value is -5.55. The zero-order chi connectivity index (χ0) is 41.5. The Morgan fingerprint density at radius 2 is 1.83 bits per heavy atom. The number of rotatable bonds is 13. The van der Waals surface area contributed by atoms with Gasteiger partial charge < -0.3 is 39.4 Å². The van der Waals surface area contributed by atoms with Crippen molar-refractivity contribution in [2.24, 2.45) is 17.3 Å². The van der Waals surface area contributed by atoms with E-state index < -0.39 is 65.9 Å². The topological polar surface area (TPSA) is 186 Å². The van der Waals surface area contributed by atoms with Crippen molar-refractivity contribution < 1.29 is 52.3 Å². The number of piperazine rings is 1. The molecule has 0 radical (unpaired) electrons. The SMILES string of the molecule is CCN1CCN(C(=O)NC(C(=O)NC(Cc2cccc(C(=O)O)c2OC)B2O[C@@H]3[C@@H]4C[C@H](C[C@]3(C)O2)C4(C)C)c2ncc(OCc3ccccc3)cc2F)C(=O)C1=O. The van der Waals surface area contributed by atoms with Crippen LogP contribution in [0.25, 0.3) is 0 Å². The predicted octanol–water partition coefficient (Wildman–Crippen LogP) is 3.94. The lowest BCUT2D eigenvalue weighted by Gasteiger charge is -2.63. The Bertz CT molecular complexity index is 2110. The number of methoxy groups -OCH3 is 1. The average molecular weight is 800 g/mol. The van der Waals surface area contributed by atoms with E-state index in [1.807, 2.05) is 37.3 Å². The first kappa shape index (κ1) is 40.6. The van der Waals surface area contributed by atoms with E-state index in [0.29, 0.717) is 16.4 Å². The molecule has 15 nitrogen and oxygen atoms in total. The Morgan fingerprint density at radius 1 is 1.07 bits per heavy atom. The second kappa shape index (κ2) is 16.0. The highest BCUT2D eigenvalue weighted by Crippen LogP contribution is 2.64. The van der Waals surface area contributed by atoms with Crippen LogP contribution >= 0.6 is 0 Å². The summed E-state index contributed by atoms with van der Waals surface area (Å²) < 4.78 is 40.8. The van der Waals surface area contributed by atoms with Gasteiger partial charge in [0.2, 0.25) is 5.91 Å². The van der Waals surface area contributed by atoms with Crippen molar-refractivity contribution in [3.8, 4) is 11.5 Å². The van der Waals surface area contributed by atoms with Crippen LogP contribution in [0.5, 0.6) is 11.5 Å². The molecule has 2 aliphatic heterocycles. The number of urea groups is 1. The molecule has 6 atom stereocenters. The second-order valence-corrected chi connectivity index (χ2v) is 16.1. The highest BCUT2D eigenvalue weighted by molar-refractivity contribution is 6.48. The van der Waals surface area contributed by atoms with Gasteiger partial charge >= 0.3 is 30.9 Å². The molecular formula is C41H47BFN5O10. The number of halogens is 1. The quantitative estimate of drug-likeness (QED) is 0.168. The van der Waals surface area contributed by atoms with Crippen LogP contribution in [-0.4, -0.2) is 101 Å². The Labute approximate surface area is 335 Å². The van der Waals surface area contributed by atoms with Crippen LogP contribution in [0.1, 0.15) is 73.8 Å². The molecule has 3 heterocycles. The zero-order valence-electron chi connectivity index (χ0n) is 33.0. The molecule has 3 N–H and O–H groups in total. The lowest BCUT2D eigenvalue weighted by atomic mass is 9.45. The van der Waals surface area contributed by atoms with Gasteiger partial charge in [0.25, 0.3) is 0 Å². The smallest absolute Gasteiger partial charge is 0.482 e. The molecule has 58 heavy (non-hydrogen) atoms. The summed E-state index contributed by atoms with van der Waals surface area (Å²) in [5, 5.41) is 15.3. The number of hydrogen-bond donors (Lipinski definition) is 3. The third-order valence-electron chi connectivity index (χ3n) is 12.3. The number of amides is 5. The number of pyridine rings is 1. The minimum Gasteiger partial charge on any atom is -0.496 e. The van der Waals surface area contributed by atoms with E-state index >= 15 is 4.39 Å². The Morgan fingerprint density at radius 3 is 2.50 bits per heavy atom. The van der Waals surface area contributed by atoms with Crippen molar-refractivity contribution in [3.63, 3.8) is 0 Å². The first-order valence-corrected chi connectivity index (χ1v) is 19.4. The molecule has 2 unspecified atom stereocenters. The van der Waals surface area contributed by atoms with E-state index in [2.05, 4.69) is 29.5 Å². The maximum absolute atomic E-state index is 16.2. The molecule has 3 aromatic rings. The molecule has 306 valence electrons. The van der Waals surface area contributed by atoms with Gasteiger partial charge in [0.05, 0.1) is 31.0 Å². The fraction of sp³-hybridized carbons (Fsp3) is 0.463. The minimum atomic E-state index is -1.84. The first-order valence-electron chi connectivity index (χ1n) is 19.4. The van der Waals surface area contributed by atoms with Crippen LogP contribution in [0.15, 0.2) is 60.8 Å². The number of aromatic nitrogens is 1. The van der Waals surface area contributed by atoms with Crippen molar-refractivity contribution in [3.05, 3.63) is 89.0 Å². The third-order valence-corrected chi connectivity index (χ3v) is 12.3. The largest absolute Gasteiger partial charge is 0.496 e. The van der Waals surface area contributed by atoms with Crippen molar-refractivity contribution in [1.82, 2.24) is 25.4 Å². The van der Waals surface area contributed by atoms with Gasteiger partial charge in [-0.3, -0.25) is 24.3 Å². The minimum absolute atomic E-state index is 0.0111. The number of likely N-dealkylation sites (N-methyl/N-ethyl adjacent to an activating group) is 1. The molecule has 5 fully saturated rings. The Balaban J connectivity index is 1.21. The number of imide groups is 1. The number of nitrogens with zero attached hydrogens (tertiary/aromatic N) is 3. The summed E-state index contributed by atoms with van der Waals surface area (Å²) in [6, 6.07) is 11.9. The summed E-state index contributed by atoms with van der Waals surface area (Å²) >= 11 is 0. The highest BCUT2D eigenvalue weighted by atomic mass is 19.1. The fourth-order valence-corrected chi connectivity index (χ4v) is 8.88. The van der Waals surface area contributed by atoms with Gasteiger partial charge in [-0.15, -0.1) is 0 Å². The molecule has 0 spiro atoms. The summed E-state index contributed by atoms with van der Waals surface area (Å²) in [6.07, 6.45) is 2.53. The normalized spacial score (nSPS) is 24.3. The molecular weight excluding hydrogens is 752 g/mol. The van der Waals surface area contributed by atoms with Crippen LogP contribution in [0, 0.1) is 23.1 Å². The number of benzene rings is 2. The van der Waals surface area contributed by atoms with Gasteiger partial charge in [0, 0.05) is 25.7 Å². The number of carbonyl (C=O) groups excluding carboxylic acids is 4. The molecule has 2 aromatic carbocycles. The number of carboxylic acid groups (broad SMARTS) is 1. The van der Waals surface area contributed by atoms with E-state index in [-0.39, 0.29) is 67.2 Å². The van der Waals surface area contributed by atoms with Crippen molar-refractivity contribution in [2.75, 3.05) is 26.7 Å². The zero-order valence-corrected chi connectivity index (χ0v) is 33.0. The molecule has 5 aliphatic rings. The standard InChI is InChI=1S/C41H47BFN5O10/c1-6-47-15-16-48(37(51)36(47)50)39(54)46-32(31-29(43)19-26(21-44-31)56-22-23-11-8-7-9-12-23)35(49)45-30(17-24-13-10-14-27(38(52)53)33(24)55-5)42-57-34-28-18-25(40(28,2)3)20-41(34,4)58-42/h7-14,19,21,25,28,30,32,34H,6,15-18,20,22H2,1-5H3,(H,45,49)(H,46,54)(H,52,53)/t25-,28+,30?,32?,34-,41+/m1/s1. The maximum atomic E-state index is 16.2. The summed E-state index contributed by atoms with van der Waals surface area (Å²) in [5.41, 5.74) is -0.0429. The van der Waals surface area contributed by atoms with E-state index in [0.717, 1.165) is 24.5 Å². The van der Waals surface area contributed by atoms with Gasteiger partial charge in [-0.25, -0.2) is 14.0 Å². The fourth-order valence-electron chi connectivity index (χ4n) is 8.88. The highest BCUT2D eigenvalue weighted by Gasteiger charge is 2.67. The molecule has 3 saturated carbocycles. The number of nitrogens with one attached hydrogen (secondary N) is 2. The molecule has 2 saturated heterocycles. The van der Waals surface area contributed by atoms with E-state index in [1.54, 1.807) is 19.1 Å². The molecule has 5 amide bonds. The van der Waals surface area contributed by atoms with E-state index in [9.17, 15) is 29.1 Å². The number of ether oxygens (including phenoxy) is 2. The van der Waals surface area contributed by atoms with Crippen molar-refractivity contribution in [2.45, 2.75) is 77.3 Å². The van der Waals surface area contributed by atoms with Crippen LogP contribution in [0.4, 0.5) is 9.18 Å². The van der Waals surface area contributed by atoms with Gasteiger partial charge in [-0.2, -0.15) is 0 Å². The van der Waals surface area contributed by atoms with Crippen molar-refractivity contribution in [1.29, 1.82) is 0 Å². The Kier molecular flexibility index (Phi) is 11.2. The van der Waals surface area contributed by atoms with Gasteiger partial charge in [-0.05, 0) is 67.6 Å². The van der Waals surface area contributed by atoms with E-state index in [1.165, 1.54) is 24.3 Å². The number of carbonyl (C=O) groups is 5. The van der Waals surface area contributed by atoms with Gasteiger partial charge in [-0.1, -0.05) is 56.3 Å². The average Bonchev–Trinajstić information content (AvgIpc) is 3.57. The molecule has 2 bridgehead atoms. The second-order valence-electron chi connectivity index (χ2n) is 16.1. The van der Waals surface area contributed by atoms with Gasteiger partial charge in [0.15, 0.2) is 11.9 Å². The van der Waals surface area contributed by atoms with Gasteiger partial charge in [0.1, 0.15) is 29.4 Å². The van der Waals surface area contributed by atoms with Crippen LogP contribution < -0.4 is 20.1 Å². The number of para-hydroxylation sites is 1. The lowest BCUT2D eigenvalue weighted by Crippen LogP contribution is -2.63. The summed E-state index contributed by atoms with van der Waals surface area (Å²) in [5.74, 6) is -5.48. The summed E-state index contributed by atoms with van der Waals surface area (Å²) in [7, 11) is 0.280. The number of aromatic carboxylic acids is 1. The first-order chi connectivity index (χ1) is 27.6. The van der Waals surface area contributed by atoms with Crippen LogP contribution in [0.3, 0.4) is 0 Å². The predicted molar refractivity (Wildman–Crippen MR) is 206 cm³/mol. The number of carboxylic acids is 1. The monoisotopic (exact) mass is 799 g/mol. The summed E-state index contributed by atoms with van der Waals surface area (Å²) in [6.45, 7) is 8.36. The van der Waals surface area contributed by atoms with Crippen molar-refractivity contribution >= 4 is 36.8 Å². The van der Waals surface area contributed by atoms with E-state index in [4.69, 9.17) is 18.8 Å².